The lowest BCUT2D eigenvalue weighted by Gasteiger charge is -2.32. The van der Waals surface area contributed by atoms with Crippen molar-refractivity contribution in [3.05, 3.63) is 5.32 Å². The van der Waals surface area contributed by atoms with Crippen molar-refractivity contribution in [2.24, 2.45) is 0 Å². The van der Waals surface area contributed by atoms with Gasteiger partial charge in [-0.2, -0.15) is 0 Å². The molecule has 0 aromatic carbocycles. The van der Waals surface area contributed by atoms with Gasteiger partial charge in [-0.3, -0.25) is 0 Å². The summed E-state index contributed by atoms with van der Waals surface area (Å²) in [4.78, 5) is 0. The number of nitrogens with zero attached hydrogens (tertiary/aromatic N) is 1. The Morgan fingerprint density at radius 1 is 1.75 bits per heavy atom. The fourth-order valence-electron chi connectivity index (χ4n) is 0.782. The van der Waals surface area contributed by atoms with E-state index < -0.39 is 0 Å². The van der Waals surface area contributed by atoms with Gasteiger partial charge >= 0.3 is 0 Å². The maximum Gasteiger partial charge on any atom is 0.0567 e. The fraction of sp³-hybridized carbons (Fsp3) is 1.00. The first-order valence-electron chi connectivity index (χ1n) is 2.91. The summed E-state index contributed by atoms with van der Waals surface area (Å²) in [6.07, 6.45) is 0. The van der Waals surface area contributed by atoms with Crippen molar-refractivity contribution in [3.63, 3.8) is 0 Å². The number of aliphatic hydroxyl groups is 1. The third-order valence-electron chi connectivity index (χ3n) is 1.27. The Kier molecular flexibility index (Phi) is 2.27. The maximum atomic E-state index is 8.57. The van der Waals surface area contributed by atoms with Crippen LogP contribution in [-0.2, 0) is 0 Å². The molecule has 8 heavy (non-hydrogen) atoms. The van der Waals surface area contributed by atoms with Crippen molar-refractivity contribution < 1.29 is 5.11 Å². The van der Waals surface area contributed by atoms with E-state index in [4.69, 9.17) is 5.11 Å². The van der Waals surface area contributed by atoms with E-state index >= 15 is 0 Å². The van der Waals surface area contributed by atoms with Crippen LogP contribution in [0.1, 0.15) is 0 Å². The zero-order valence-electron chi connectivity index (χ0n) is 4.80. The molecule has 1 aliphatic heterocycles. The van der Waals surface area contributed by atoms with E-state index in [9.17, 15) is 0 Å². The second-order valence-corrected chi connectivity index (χ2v) is 1.96. The fourth-order valence-corrected chi connectivity index (χ4v) is 0.782. The molecular formula is C5H11N2O-. The third kappa shape index (κ3) is 1.43. The van der Waals surface area contributed by atoms with Crippen LogP contribution in [-0.4, -0.2) is 37.4 Å². The normalized spacial score (nSPS) is 30.4. The minimum absolute atomic E-state index is 0.212. The minimum Gasteiger partial charge on any atom is -0.660 e. The second kappa shape index (κ2) is 3.02. The van der Waals surface area contributed by atoms with E-state index in [1.165, 1.54) is 0 Å². The number of piperazine rings is 1. The topological polar surface area (TPSA) is 46.4 Å². The van der Waals surface area contributed by atoms with Crippen LogP contribution in [0, 0.1) is 0 Å². The highest BCUT2D eigenvalue weighted by Crippen LogP contribution is 1.96. The molecule has 0 spiro atoms. The van der Waals surface area contributed by atoms with Gasteiger partial charge in [0, 0.05) is 6.04 Å². The summed E-state index contributed by atoms with van der Waals surface area (Å²) >= 11 is 0. The molecule has 0 bridgehead atoms. The minimum atomic E-state index is 0.212. The molecule has 48 valence electrons. The van der Waals surface area contributed by atoms with Gasteiger partial charge < -0.3 is 15.7 Å². The van der Waals surface area contributed by atoms with Crippen molar-refractivity contribution in [2.45, 2.75) is 6.04 Å². The number of hydrogen-bond acceptors (Lipinski definition) is 2. The summed E-state index contributed by atoms with van der Waals surface area (Å²) in [5.41, 5.74) is 0. The van der Waals surface area contributed by atoms with Crippen LogP contribution in [0.25, 0.3) is 5.32 Å². The number of hydrogen-bond donors (Lipinski definition) is 2. The van der Waals surface area contributed by atoms with Crippen molar-refractivity contribution in [3.8, 4) is 0 Å². The first-order chi connectivity index (χ1) is 3.93. The summed E-state index contributed by atoms with van der Waals surface area (Å²) in [6.45, 7) is 2.81. The Hall–Kier alpha value is -0.120. The largest absolute Gasteiger partial charge is 0.660 e. The number of aliphatic hydroxyl groups excluding tert-OH is 1. The lowest BCUT2D eigenvalue weighted by atomic mass is 10.2. The summed E-state index contributed by atoms with van der Waals surface area (Å²) in [5.74, 6) is 0. The van der Waals surface area contributed by atoms with Crippen molar-refractivity contribution >= 4 is 0 Å². The monoisotopic (exact) mass is 115 g/mol. The van der Waals surface area contributed by atoms with Gasteiger partial charge in [-0.15, -0.1) is 13.1 Å². The maximum absolute atomic E-state index is 8.57. The van der Waals surface area contributed by atoms with Gasteiger partial charge in [0.25, 0.3) is 0 Å². The molecule has 1 fully saturated rings. The van der Waals surface area contributed by atoms with Gasteiger partial charge in [-0.25, -0.2) is 0 Å². The Morgan fingerprint density at radius 3 is 3.00 bits per heavy atom. The molecule has 0 aromatic rings. The Balaban J connectivity index is 2.13. The molecule has 3 nitrogen and oxygen atoms in total. The van der Waals surface area contributed by atoms with Crippen molar-refractivity contribution in [1.82, 2.24) is 5.32 Å². The molecule has 0 aliphatic carbocycles. The predicted molar refractivity (Wildman–Crippen MR) is 32.0 cm³/mol. The molecule has 0 radical (unpaired) electrons. The molecule has 0 aromatic heterocycles. The molecule has 3 heteroatoms. The SMILES string of the molecule is OC[C@H]1C[N-]CCN1. The second-order valence-electron chi connectivity index (χ2n) is 1.96. The zero-order valence-corrected chi connectivity index (χ0v) is 4.80. The summed E-state index contributed by atoms with van der Waals surface area (Å²) in [7, 11) is 0. The highest BCUT2D eigenvalue weighted by atomic mass is 16.3. The molecule has 2 N–H and O–H groups in total. The van der Waals surface area contributed by atoms with Crippen LogP contribution in [0.15, 0.2) is 0 Å². The van der Waals surface area contributed by atoms with Crippen LogP contribution in [0.5, 0.6) is 0 Å². The quantitative estimate of drug-likeness (QED) is 0.476. The molecule has 0 unspecified atom stereocenters. The van der Waals surface area contributed by atoms with E-state index in [2.05, 4.69) is 10.6 Å². The van der Waals surface area contributed by atoms with Gasteiger partial charge in [0.05, 0.1) is 6.61 Å². The van der Waals surface area contributed by atoms with Gasteiger partial charge in [0.1, 0.15) is 0 Å². The first-order valence-corrected chi connectivity index (χ1v) is 2.91. The van der Waals surface area contributed by atoms with Gasteiger partial charge in [0.2, 0.25) is 0 Å². The molecule has 0 amide bonds. The third-order valence-corrected chi connectivity index (χ3v) is 1.27. The van der Waals surface area contributed by atoms with Crippen LogP contribution in [0.4, 0.5) is 0 Å². The molecular weight excluding hydrogens is 104 g/mol. The molecule has 1 atom stereocenters. The lowest BCUT2D eigenvalue weighted by molar-refractivity contribution is 0.245. The molecule has 1 heterocycles. The lowest BCUT2D eigenvalue weighted by Crippen LogP contribution is -2.41. The molecule has 1 saturated heterocycles. The van der Waals surface area contributed by atoms with E-state index in [1.807, 2.05) is 0 Å². The molecule has 1 rings (SSSR count). The Morgan fingerprint density at radius 2 is 2.62 bits per heavy atom. The first kappa shape index (κ1) is 6.01. The van der Waals surface area contributed by atoms with Gasteiger partial charge in [-0.1, -0.05) is 0 Å². The highest BCUT2D eigenvalue weighted by Gasteiger charge is 2.01. The van der Waals surface area contributed by atoms with E-state index in [1.54, 1.807) is 0 Å². The smallest absolute Gasteiger partial charge is 0.0567 e. The van der Waals surface area contributed by atoms with Crippen molar-refractivity contribution in [1.29, 1.82) is 0 Å². The standard InChI is InChI=1S/C5H11N2O/c8-4-5-3-6-1-2-7-5/h5,7-8H,1-4H2/q-1/t5-/m1/s1. The van der Waals surface area contributed by atoms with Crippen LogP contribution in [0.3, 0.4) is 0 Å². The van der Waals surface area contributed by atoms with Gasteiger partial charge in [-0.05, 0) is 6.54 Å². The van der Waals surface area contributed by atoms with E-state index in [0.29, 0.717) is 0 Å². The Bertz CT molecular complexity index is 61.4. The predicted octanol–water partition coefficient (Wildman–Crippen LogP) is -0.676. The Labute approximate surface area is 49.1 Å². The highest BCUT2D eigenvalue weighted by molar-refractivity contribution is 4.92. The average Bonchev–Trinajstić information content (AvgIpc) is 1.90. The van der Waals surface area contributed by atoms with Crippen molar-refractivity contribution in [2.75, 3.05) is 26.2 Å². The summed E-state index contributed by atoms with van der Waals surface area (Å²) in [6, 6.07) is 0.226. The summed E-state index contributed by atoms with van der Waals surface area (Å²) < 4.78 is 0. The molecule has 0 saturated carbocycles. The van der Waals surface area contributed by atoms with Crippen LogP contribution in [0.2, 0.25) is 0 Å². The zero-order chi connectivity index (χ0) is 5.82. The van der Waals surface area contributed by atoms with Crippen LogP contribution < -0.4 is 5.32 Å². The number of rotatable bonds is 1. The van der Waals surface area contributed by atoms with Gasteiger partial charge in [0.15, 0.2) is 0 Å². The number of nitrogens with one attached hydrogen (secondary N) is 1. The van der Waals surface area contributed by atoms with E-state index in [0.717, 1.165) is 19.6 Å². The average molecular weight is 115 g/mol. The summed E-state index contributed by atoms with van der Waals surface area (Å²) in [5, 5.41) is 15.8. The van der Waals surface area contributed by atoms with Crippen LogP contribution >= 0.6 is 0 Å². The van der Waals surface area contributed by atoms with E-state index in [-0.39, 0.29) is 12.6 Å². The molecule has 1 aliphatic rings.